The number of nitrogens with one attached hydrogen (secondary N) is 2. The molecule has 1 unspecified atom stereocenters. The first-order chi connectivity index (χ1) is 8.52. The van der Waals surface area contributed by atoms with Gasteiger partial charge in [0, 0.05) is 18.7 Å². The summed E-state index contributed by atoms with van der Waals surface area (Å²) in [4.78, 5) is 11.5. The zero-order valence-corrected chi connectivity index (χ0v) is 13.0. The molecule has 108 valence electrons. The zero-order valence-electron chi connectivity index (χ0n) is 10.7. The molecule has 1 rings (SSSR count). The van der Waals surface area contributed by atoms with Gasteiger partial charge in [0.2, 0.25) is 0 Å². The summed E-state index contributed by atoms with van der Waals surface area (Å²) >= 11 is 11.6. The molecular weight excluding hydrogens is 311 g/mol. The van der Waals surface area contributed by atoms with Gasteiger partial charge in [0.05, 0.1) is 10.0 Å². The minimum absolute atomic E-state index is 0. The van der Waals surface area contributed by atoms with E-state index >= 15 is 0 Å². The molecule has 0 aliphatic rings. The Morgan fingerprint density at radius 1 is 1.37 bits per heavy atom. The van der Waals surface area contributed by atoms with Crippen molar-refractivity contribution in [2.45, 2.75) is 13.0 Å². The molecule has 0 saturated carbocycles. The van der Waals surface area contributed by atoms with Crippen molar-refractivity contribution in [2.24, 2.45) is 0 Å². The number of benzene rings is 1. The van der Waals surface area contributed by atoms with Crippen molar-refractivity contribution in [3.63, 3.8) is 0 Å². The number of hydrogen-bond donors (Lipinski definition) is 2. The summed E-state index contributed by atoms with van der Waals surface area (Å²) in [5.41, 5.74) is 0. The molecule has 0 radical (unpaired) electrons. The van der Waals surface area contributed by atoms with Crippen LogP contribution in [0, 0.1) is 0 Å². The highest BCUT2D eigenvalue weighted by molar-refractivity contribution is 6.42. The largest absolute Gasteiger partial charge is 0.484 e. The van der Waals surface area contributed by atoms with Crippen LogP contribution >= 0.6 is 35.6 Å². The van der Waals surface area contributed by atoms with Gasteiger partial charge in [-0.05, 0) is 26.1 Å². The highest BCUT2D eigenvalue weighted by atomic mass is 35.5. The molecule has 4 nitrogen and oxygen atoms in total. The minimum Gasteiger partial charge on any atom is -0.484 e. The van der Waals surface area contributed by atoms with Crippen LogP contribution in [-0.4, -0.2) is 32.1 Å². The fourth-order valence-electron chi connectivity index (χ4n) is 1.14. The SMILES string of the molecule is CNC(C)CNC(=O)COc1ccc(Cl)c(Cl)c1.Cl. The van der Waals surface area contributed by atoms with Gasteiger partial charge < -0.3 is 15.4 Å². The van der Waals surface area contributed by atoms with Gasteiger partial charge in [-0.1, -0.05) is 23.2 Å². The molecule has 1 amide bonds. The normalized spacial score (nSPS) is 11.4. The lowest BCUT2D eigenvalue weighted by Gasteiger charge is -2.12. The maximum Gasteiger partial charge on any atom is 0.257 e. The van der Waals surface area contributed by atoms with Crippen molar-refractivity contribution in [3.8, 4) is 5.75 Å². The summed E-state index contributed by atoms with van der Waals surface area (Å²) < 4.78 is 5.29. The summed E-state index contributed by atoms with van der Waals surface area (Å²) in [7, 11) is 1.84. The van der Waals surface area contributed by atoms with Crippen LogP contribution in [0.5, 0.6) is 5.75 Å². The fraction of sp³-hybridized carbons (Fsp3) is 0.417. The highest BCUT2D eigenvalue weighted by Gasteiger charge is 2.06. The molecule has 0 aliphatic heterocycles. The Labute approximate surface area is 129 Å². The molecular formula is C12H17Cl3N2O2. The highest BCUT2D eigenvalue weighted by Crippen LogP contribution is 2.26. The number of amides is 1. The fourth-order valence-corrected chi connectivity index (χ4v) is 1.42. The van der Waals surface area contributed by atoms with Crippen LogP contribution in [0.1, 0.15) is 6.92 Å². The first-order valence-corrected chi connectivity index (χ1v) is 6.30. The van der Waals surface area contributed by atoms with Crippen LogP contribution < -0.4 is 15.4 Å². The van der Waals surface area contributed by atoms with E-state index in [9.17, 15) is 4.79 Å². The van der Waals surface area contributed by atoms with Crippen molar-refractivity contribution < 1.29 is 9.53 Å². The number of halogens is 3. The number of rotatable bonds is 6. The Hall–Kier alpha value is -0.680. The van der Waals surface area contributed by atoms with Crippen molar-refractivity contribution in [1.29, 1.82) is 0 Å². The Bertz CT molecular complexity index is 416. The Morgan fingerprint density at radius 2 is 2.05 bits per heavy atom. The number of carbonyl (C=O) groups is 1. The van der Waals surface area contributed by atoms with Crippen molar-refractivity contribution in [1.82, 2.24) is 10.6 Å². The summed E-state index contributed by atoms with van der Waals surface area (Å²) in [5.74, 6) is 0.337. The molecule has 1 aromatic rings. The zero-order chi connectivity index (χ0) is 13.5. The van der Waals surface area contributed by atoms with Crippen molar-refractivity contribution in [3.05, 3.63) is 28.2 Å². The topological polar surface area (TPSA) is 50.4 Å². The lowest BCUT2D eigenvalue weighted by atomic mass is 10.3. The van der Waals surface area contributed by atoms with Crippen LogP contribution in [-0.2, 0) is 4.79 Å². The summed E-state index contributed by atoms with van der Waals surface area (Å²) in [6, 6.07) is 5.09. The molecule has 0 fully saturated rings. The second kappa shape index (κ2) is 9.26. The average molecular weight is 328 g/mol. The van der Waals surface area contributed by atoms with Gasteiger partial charge in [-0.25, -0.2) is 0 Å². The third-order valence-corrected chi connectivity index (χ3v) is 3.10. The standard InChI is InChI=1S/C12H16Cl2N2O2.ClH/c1-8(15-2)6-16-12(17)7-18-9-3-4-10(13)11(14)5-9;/h3-5,8,15H,6-7H2,1-2H3,(H,16,17);1H. The predicted molar refractivity (Wildman–Crippen MR) is 80.7 cm³/mol. The summed E-state index contributed by atoms with van der Waals surface area (Å²) in [5, 5.41) is 6.62. The first-order valence-electron chi connectivity index (χ1n) is 5.54. The average Bonchev–Trinajstić information content (AvgIpc) is 2.37. The molecule has 7 heteroatoms. The summed E-state index contributed by atoms with van der Waals surface area (Å²) in [6.45, 7) is 2.48. The van der Waals surface area contributed by atoms with Crippen LogP contribution in [0.25, 0.3) is 0 Å². The van der Waals surface area contributed by atoms with Gasteiger partial charge >= 0.3 is 0 Å². The van der Waals surface area contributed by atoms with E-state index in [1.54, 1.807) is 18.2 Å². The third-order valence-electron chi connectivity index (χ3n) is 2.36. The Kier molecular flexibility index (Phi) is 8.93. The Balaban J connectivity index is 0.00000324. The Morgan fingerprint density at radius 3 is 2.63 bits per heavy atom. The van der Waals surface area contributed by atoms with Gasteiger partial charge in [0.25, 0.3) is 5.91 Å². The molecule has 0 heterocycles. The quantitative estimate of drug-likeness (QED) is 0.844. The minimum atomic E-state index is -0.178. The second-order valence-electron chi connectivity index (χ2n) is 3.86. The molecule has 19 heavy (non-hydrogen) atoms. The van der Waals surface area contributed by atoms with E-state index in [2.05, 4.69) is 10.6 Å². The van der Waals surface area contributed by atoms with Crippen LogP contribution in [0.3, 0.4) is 0 Å². The smallest absolute Gasteiger partial charge is 0.257 e. The maximum atomic E-state index is 11.5. The van der Waals surface area contributed by atoms with E-state index in [1.807, 2.05) is 14.0 Å². The molecule has 0 aliphatic carbocycles. The van der Waals surface area contributed by atoms with E-state index in [0.29, 0.717) is 22.3 Å². The van der Waals surface area contributed by atoms with Crippen LogP contribution in [0.2, 0.25) is 10.0 Å². The first kappa shape index (κ1) is 18.3. The lowest BCUT2D eigenvalue weighted by Crippen LogP contribution is -2.39. The number of likely N-dealkylation sites (N-methyl/N-ethyl adjacent to an activating group) is 1. The monoisotopic (exact) mass is 326 g/mol. The van der Waals surface area contributed by atoms with E-state index in [0.717, 1.165) is 0 Å². The molecule has 1 aromatic carbocycles. The summed E-state index contributed by atoms with van der Waals surface area (Å²) in [6.07, 6.45) is 0. The molecule has 0 bridgehead atoms. The van der Waals surface area contributed by atoms with E-state index in [-0.39, 0.29) is 31.0 Å². The van der Waals surface area contributed by atoms with Crippen LogP contribution in [0.4, 0.5) is 0 Å². The number of carbonyl (C=O) groups excluding carboxylic acids is 1. The van der Waals surface area contributed by atoms with Gasteiger partial charge in [-0.15, -0.1) is 12.4 Å². The molecule has 0 spiro atoms. The van der Waals surface area contributed by atoms with Crippen molar-refractivity contribution >= 4 is 41.5 Å². The van der Waals surface area contributed by atoms with Gasteiger partial charge in [-0.3, -0.25) is 4.79 Å². The predicted octanol–water partition coefficient (Wildman–Crippen LogP) is 2.52. The van der Waals surface area contributed by atoms with E-state index < -0.39 is 0 Å². The van der Waals surface area contributed by atoms with E-state index in [1.165, 1.54) is 0 Å². The van der Waals surface area contributed by atoms with Gasteiger partial charge in [0.1, 0.15) is 5.75 Å². The lowest BCUT2D eigenvalue weighted by molar-refractivity contribution is -0.123. The molecule has 0 saturated heterocycles. The molecule has 1 atom stereocenters. The molecule has 2 N–H and O–H groups in total. The van der Waals surface area contributed by atoms with Gasteiger partial charge in [-0.2, -0.15) is 0 Å². The molecule has 0 aromatic heterocycles. The second-order valence-corrected chi connectivity index (χ2v) is 4.67. The van der Waals surface area contributed by atoms with Gasteiger partial charge in [0.15, 0.2) is 6.61 Å². The number of ether oxygens (including phenoxy) is 1. The van der Waals surface area contributed by atoms with Crippen LogP contribution in [0.15, 0.2) is 18.2 Å². The third kappa shape index (κ3) is 6.87. The van der Waals surface area contributed by atoms with E-state index in [4.69, 9.17) is 27.9 Å². The number of hydrogen-bond acceptors (Lipinski definition) is 3. The van der Waals surface area contributed by atoms with Crippen molar-refractivity contribution in [2.75, 3.05) is 20.2 Å². The maximum absolute atomic E-state index is 11.5.